The first-order chi connectivity index (χ1) is 29.9. The highest BCUT2D eigenvalue weighted by Crippen LogP contribution is 2.47. The monoisotopic (exact) mass is 901 g/mol. The Kier molecular flexibility index (Phi) is 35.5. The van der Waals surface area contributed by atoms with Crippen LogP contribution in [0.15, 0.2) is 48.6 Å². The Labute approximate surface area is 373 Å². The summed E-state index contributed by atoms with van der Waals surface area (Å²) in [7, 11) is -5.14. The van der Waals surface area contributed by atoms with Gasteiger partial charge in [-0.05, 0) is 38.5 Å². The van der Waals surface area contributed by atoms with E-state index in [-0.39, 0.29) is 12.8 Å². The van der Waals surface area contributed by atoms with Gasteiger partial charge in [-0.2, -0.15) is 0 Å². The zero-order chi connectivity index (χ0) is 45.7. The molecule has 0 heterocycles. The lowest BCUT2D eigenvalue weighted by Gasteiger charge is -2.41. The fraction of sp³-hybridized carbons (Fsp3) is 0.792. The van der Waals surface area contributed by atoms with Crippen LogP contribution in [0.25, 0.3) is 0 Å². The molecule has 6 N–H and O–H groups in total. The fourth-order valence-electron chi connectivity index (χ4n) is 7.13. The lowest BCUT2D eigenvalue weighted by Crippen LogP contribution is -2.64. The lowest BCUT2D eigenvalue weighted by atomic mass is 9.85. The van der Waals surface area contributed by atoms with Crippen molar-refractivity contribution in [2.75, 3.05) is 13.2 Å². The van der Waals surface area contributed by atoms with Gasteiger partial charge in [0, 0.05) is 12.8 Å². The minimum atomic E-state index is -5.14. The Bertz CT molecular complexity index is 1270. The number of phosphoric acid groups is 1. The van der Waals surface area contributed by atoms with E-state index in [1.165, 1.54) is 103 Å². The van der Waals surface area contributed by atoms with Crippen LogP contribution in [-0.2, 0) is 32.7 Å². The molecule has 62 heavy (non-hydrogen) atoms. The summed E-state index contributed by atoms with van der Waals surface area (Å²) in [5.74, 6) is -1.19. The summed E-state index contributed by atoms with van der Waals surface area (Å²) in [6, 6.07) is 0. The number of rotatable bonds is 39. The number of aliphatic hydroxyl groups is 5. The number of unbranched alkanes of at least 4 members (excludes halogenated alkanes) is 19. The molecule has 0 spiro atoms. The second-order valence-electron chi connectivity index (χ2n) is 16.6. The lowest BCUT2D eigenvalue weighted by molar-refractivity contribution is -0.220. The second-order valence-corrected chi connectivity index (χ2v) is 18.0. The average molecular weight is 901 g/mol. The van der Waals surface area contributed by atoms with E-state index in [9.17, 15) is 44.6 Å². The van der Waals surface area contributed by atoms with E-state index < -0.39 is 75.7 Å². The van der Waals surface area contributed by atoms with Crippen LogP contribution < -0.4 is 0 Å². The molecule has 0 aromatic rings. The van der Waals surface area contributed by atoms with Gasteiger partial charge < -0.3 is 39.9 Å². The molecule has 1 aliphatic rings. The summed E-state index contributed by atoms with van der Waals surface area (Å²) in [5.41, 5.74) is 0. The van der Waals surface area contributed by atoms with Crippen molar-refractivity contribution in [2.45, 2.75) is 230 Å². The van der Waals surface area contributed by atoms with Gasteiger partial charge in [0.1, 0.15) is 43.2 Å². The van der Waals surface area contributed by atoms with Gasteiger partial charge >= 0.3 is 19.8 Å². The quantitative estimate of drug-likeness (QED) is 0.0147. The van der Waals surface area contributed by atoms with Crippen molar-refractivity contribution < 1.29 is 63.1 Å². The number of hydrogen-bond donors (Lipinski definition) is 6. The van der Waals surface area contributed by atoms with Gasteiger partial charge in [-0.1, -0.05) is 184 Å². The van der Waals surface area contributed by atoms with Gasteiger partial charge in [0.2, 0.25) is 0 Å². The number of ether oxygens (including phenoxy) is 2. The third-order valence-corrected chi connectivity index (χ3v) is 11.9. The number of carbonyl (C=O) groups is 2. The summed E-state index contributed by atoms with van der Waals surface area (Å²) in [6.45, 7) is 3.13. The molecular weight excluding hydrogens is 815 g/mol. The molecular formula is C48H85O13P. The molecule has 0 bridgehead atoms. The number of aliphatic hydroxyl groups excluding tert-OH is 5. The number of allylic oxidation sites excluding steroid dienone is 8. The number of esters is 2. The summed E-state index contributed by atoms with van der Waals surface area (Å²) in [4.78, 5) is 35.7. The summed E-state index contributed by atoms with van der Waals surface area (Å²) < 4.78 is 33.4. The highest BCUT2D eigenvalue weighted by atomic mass is 31.2. The Morgan fingerprint density at radius 2 is 0.919 bits per heavy atom. The molecule has 0 aromatic carbocycles. The zero-order valence-electron chi connectivity index (χ0n) is 38.2. The van der Waals surface area contributed by atoms with E-state index in [0.717, 1.165) is 38.5 Å². The Hall–Kier alpha value is -2.19. The van der Waals surface area contributed by atoms with Crippen molar-refractivity contribution in [3.63, 3.8) is 0 Å². The average Bonchev–Trinajstić information content (AvgIpc) is 3.25. The van der Waals surface area contributed by atoms with Crippen LogP contribution in [0.1, 0.15) is 187 Å². The third-order valence-electron chi connectivity index (χ3n) is 10.9. The maximum Gasteiger partial charge on any atom is 0.472 e. The molecule has 13 nitrogen and oxygen atoms in total. The van der Waals surface area contributed by atoms with Gasteiger partial charge in [0.05, 0.1) is 6.61 Å². The van der Waals surface area contributed by atoms with Crippen molar-refractivity contribution >= 4 is 19.8 Å². The zero-order valence-corrected chi connectivity index (χ0v) is 39.0. The molecule has 6 unspecified atom stereocenters. The molecule has 0 radical (unpaired) electrons. The minimum Gasteiger partial charge on any atom is -0.462 e. The van der Waals surface area contributed by atoms with Crippen molar-refractivity contribution in [3.8, 4) is 0 Å². The summed E-state index contributed by atoms with van der Waals surface area (Å²) in [5, 5.41) is 50.1. The molecule has 1 rings (SSSR count). The minimum absolute atomic E-state index is 0.0239. The molecule has 360 valence electrons. The number of hydrogen-bond acceptors (Lipinski definition) is 12. The molecule has 6 atom stereocenters. The molecule has 0 aliphatic heterocycles. The molecule has 0 aromatic heterocycles. The van der Waals surface area contributed by atoms with E-state index in [2.05, 4.69) is 44.2 Å². The molecule has 0 amide bonds. The Morgan fingerprint density at radius 1 is 0.516 bits per heavy atom. The van der Waals surface area contributed by atoms with Gasteiger partial charge in [-0.25, -0.2) is 4.57 Å². The van der Waals surface area contributed by atoms with Crippen LogP contribution in [0.2, 0.25) is 0 Å². The van der Waals surface area contributed by atoms with E-state index in [1.807, 2.05) is 18.2 Å². The van der Waals surface area contributed by atoms with Crippen molar-refractivity contribution in [1.29, 1.82) is 0 Å². The molecule has 14 heteroatoms. The highest BCUT2D eigenvalue weighted by Gasteiger charge is 2.51. The maximum absolute atomic E-state index is 12.8. The fourth-order valence-corrected chi connectivity index (χ4v) is 8.10. The predicted octanol–water partition coefficient (Wildman–Crippen LogP) is 9.56. The van der Waals surface area contributed by atoms with Gasteiger partial charge in [-0.15, -0.1) is 0 Å². The van der Waals surface area contributed by atoms with E-state index in [4.69, 9.17) is 18.5 Å². The van der Waals surface area contributed by atoms with Crippen molar-refractivity contribution in [3.05, 3.63) is 48.6 Å². The van der Waals surface area contributed by atoms with E-state index >= 15 is 0 Å². The molecule has 1 fully saturated rings. The summed E-state index contributed by atoms with van der Waals surface area (Å²) in [6.07, 6.45) is 32.0. The van der Waals surface area contributed by atoms with Crippen LogP contribution >= 0.6 is 7.82 Å². The van der Waals surface area contributed by atoms with Crippen LogP contribution in [0.3, 0.4) is 0 Å². The van der Waals surface area contributed by atoms with Gasteiger partial charge in [0.15, 0.2) is 6.10 Å². The Morgan fingerprint density at radius 3 is 1.37 bits per heavy atom. The Balaban J connectivity index is 2.43. The smallest absolute Gasteiger partial charge is 0.462 e. The third kappa shape index (κ3) is 30.0. The molecule has 0 saturated heterocycles. The van der Waals surface area contributed by atoms with Crippen LogP contribution in [-0.4, -0.2) is 98.3 Å². The summed E-state index contributed by atoms with van der Waals surface area (Å²) >= 11 is 0. The first-order valence-corrected chi connectivity index (χ1v) is 25.4. The van der Waals surface area contributed by atoms with Gasteiger partial charge in [-0.3, -0.25) is 18.6 Å². The van der Waals surface area contributed by atoms with Crippen LogP contribution in [0, 0.1) is 0 Å². The standard InChI is InChI=1S/C48H85O13P/c1-3-5-7-9-11-13-15-17-18-19-20-21-22-23-25-26-28-30-32-34-36-41(49)58-38-40(39-59-62(56,57)61-48-46(54)44(52)43(51)45(53)47(48)55)60-42(50)37-35-33-31-29-27-24-16-14-12-10-8-6-4-2/h6,8,12,14,24,27,31,33,40,43-48,51-55H,3-5,7,9-11,13,15-23,25-26,28-30,32,34-39H2,1-2H3,(H,56,57)/b8-6-,14-12-,27-24-,33-31-. The largest absolute Gasteiger partial charge is 0.472 e. The SMILES string of the molecule is CC/C=C\C/C=C\C/C=C\C/C=C\CCC(=O)OC(COC(=O)CCCCCCCCCCCCCCCCCCCCCC)COP(=O)(O)OC1C(O)C(O)C(O)C(O)C1O. The number of phosphoric ester groups is 1. The highest BCUT2D eigenvalue weighted by molar-refractivity contribution is 7.47. The molecule has 1 saturated carbocycles. The molecule has 1 aliphatic carbocycles. The normalized spacial score (nSPS) is 22.3. The first-order valence-electron chi connectivity index (χ1n) is 23.9. The van der Waals surface area contributed by atoms with Crippen molar-refractivity contribution in [2.24, 2.45) is 0 Å². The van der Waals surface area contributed by atoms with Crippen LogP contribution in [0.5, 0.6) is 0 Å². The number of carbonyl (C=O) groups excluding carboxylic acids is 2. The second kappa shape index (κ2) is 38.1. The first kappa shape index (κ1) is 57.8. The predicted molar refractivity (Wildman–Crippen MR) is 244 cm³/mol. The topological polar surface area (TPSA) is 210 Å². The van der Waals surface area contributed by atoms with E-state index in [0.29, 0.717) is 19.3 Å². The van der Waals surface area contributed by atoms with E-state index in [1.54, 1.807) is 0 Å². The van der Waals surface area contributed by atoms with Gasteiger partial charge in [0.25, 0.3) is 0 Å². The maximum atomic E-state index is 12.8. The van der Waals surface area contributed by atoms with Crippen molar-refractivity contribution in [1.82, 2.24) is 0 Å². The van der Waals surface area contributed by atoms with Crippen LogP contribution in [0.4, 0.5) is 0 Å².